The minimum Gasteiger partial charge on any atom is -0.497 e. The number of hydrogen-bond acceptors (Lipinski definition) is 6. The highest BCUT2D eigenvalue weighted by Gasteiger charge is 2.20. The maximum Gasteiger partial charge on any atom is 0.339 e. The van der Waals surface area contributed by atoms with Crippen molar-refractivity contribution in [3.8, 4) is 11.5 Å². The van der Waals surface area contributed by atoms with Gasteiger partial charge in [-0.3, -0.25) is 9.59 Å². The molecule has 0 radical (unpaired) electrons. The van der Waals surface area contributed by atoms with Crippen molar-refractivity contribution < 1.29 is 28.6 Å². The Bertz CT molecular complexity index is 1090. The molecule has 0 fully saturated rings. The molecule has 7 nitrogen and oxygen atoms in total. The molecular formula is C24H21NO6. The summed E-state index contributed by atoms with van der Waals surface area (Å²) in [6.45, 7) is -0.535. The number of amides is 1. The van der Waals surface area contributed by atoms with Crippen LogP contribution in [0.15, 0.2) is 72.8 Å². The largest absolute Gasteiger partial charge is 0.497 e. The molecule has 0 saturated carbocycles. The lowest BCUT2D eigenvalue weighted by Crippen LogP contribution is -2.22. The fraction of sp³-hybridized carbons (Fsp3) is 0.125. The predicted molar refractivity (Wildman–Crippen MR) is 115 cm³/mol. The third kappa shape index (κ3) is 5.27. The van der Waals surface area contributed by atoms with Crippen LogP contribution in [0.25, 0.3) is 0 Å². The maximum atomic E-state index is 12.8. The number of ether oxygens (including phenoxy) is 3. The van der Waals surface area contributed by atoms with E-state index >= 15 is 0 Å². The number of nitrogens with one attached hydrogen (secondary N) is 1. The monoisotopic (exact) mass is 419 g/mol. The highest BCUT2D eigenvalue weighted by atomic mass is 16.5. The third-order valence-electron chi connectivity index (χ3n) is 4.44. The van der Waals surface area contributed by atoms with Crippen LogP contribution in [-0.2, 0) is 9.53 Å². The van der Waals surface area contributed by atoms with Gasteiger partial charge in [0.2, 0.25) is 0 Å². The smallest absolute Gasteiger partial charge is 0.339 e. The Morgan fingerprint density at radius 3 is 2.16 bits per heavy atom. The molecule has 158 valence electrons. The summed E-state index contributed by atoms with van der Waals surface area (Å²) in [5.41, 5.74) is 1.12. The quantitative estimate of drug-likeness (QED) is 0.442. The van der Waals surface area contributed by atoms with Gasteiger partial charge in [-0.25, -0.2) is 4.79 Å². The molecule has 31 heavy (non-hydrogen) atoms. The Balaban J connectivity index is 1.69. The van der Waals surface area contributed by atoms with Crippen molar-refractivity contribution in [2.24, 2.45) is 0 Å². The second kappa shape index (κ2) is 10.1. The zero-order valence-corrected chi connectivity index (χ0v) is 17.1. The summed E-state index contributed by atoms with van der Waals surface area (Å²) < 4.78 is 15.5. The minimum atomic E-state index is -0.771. The summed E-state index contributed by atoms with van der Waals surface area (Å²) in [4.78, 5) is 37.7. The van der Waals surface area contributed by atoms with Crippen LogP contribution >= 0.6 is 0 Å². The van der Waals surface area contributed by atoms with Crippen LogP contribution < -0.4 is 14.8 Å². The van der Waals surface area contributed by atoms with Crippen LogP contribution in [0.5, 0.6) is 11.5 Å². The number of anilines is 1. The van der Waals surface area contributed by atoms with Gasteiger partial charge in [-0.15, -0.1) is 0 Å². The zero-order chi connectivity index (χ0) is 22.2. The Labute approximate surface area is 179 Å². The van der Waals surface area contributed by atoms with Gasteiger partial charge in [-0.05, 0) is 18.2 Å². The summed E-state index contributed by atoms with van der Waals surface area (Å²) >= 11 is 0. The first-order valence-electron chi connectivity index (χ1n) is 9.41. The molecule has 0 aliphatic rings. The van der Waals surface area contributed by atoms with Crippen molar-refractivity contribution in [2.45, 2.75) is 0 Å². The van der Waals surface area contributed by atoms with Gasteiger partial charge in [0.15, 0.2) is 12.4 Å². The number of carbonyl (C=O) groups excluding carboxylic acids is 3. The Kier molecular flexibility index (Phi) is 7.01. The molecule has 0 aliphatic heterocycles. The topological polar surface area (TPSA) is 90.9 Å². The van der Waals surface area contributed by atoms with E-state index in [1.165, 1.54) is 20.3 Å². The number of hydrogen-bond donors (Lipinski definition) is 1. The van der Waals surface area contributed by atoms with Gasteiger partial charge in [0.05, 0.1) is 25.5 Å². The van der Waals surface area contributed by atoms with Crippen LogP contribution in [0.1, 0.15) is 26.3 Å². The molecule has 3 rings (SSSR count). The van der Waals surface area contributed by atoms with E-state index < -0.39 is 18.5 Å². The highest BCUT2D eigenvalue weighted by Crippen LogP contribution is 2.28. The van der Waals surface area contributed by atoms with Gasteiger partial charge in [0.25, 0.3) is 5.91 Å². The summed E-state index contributed by atoms with van der Waals surface area (Å²) in [5, 5.41) is 2.62. The normalized spacial score (nSPS) is 10.1. The van der Waals surface area contributed by atoms with Crippen molar-refractivity contribution in [1.82, 2.24) is 0 Å². The van der Waals surface area contributed by atoms with E-state index in [2.05, 4.69) is 5.32 Å². The highest BCUT2D eigenvalue weighted by molar-refractivity contribution is 6.14. The van der Waals surface area contributed by atoms with Gasteiger partial charge < -0.3 is 19.5 Å². The molecule has 0 aliphatic carbocycles. The lowest BCUT2D eigenvalue weighted by atomic mass is 9.98. The van der Waals surface area contributed by atoms with Gasteiger partial charge in [-0.1, -0.05) is 48.5 Å². The van der Waals surface area contributed by atoms with Gasteiger partial charge in [-0.2, -0.15) is 0 Å². The van der Waals surface area contributed by atoms with E-state index in [4.69, 9.17) is 14.2 Å². The van der Waals surface area contributed by atoms with Crippen molar-refractivity contribution in [1.29, 1.82) is 0 Å². The van der Waals surface area contributed by atoms with E-state index in [1.54, 1.807) is 66.7 Å². The molecule has 3 aromatic rings. The van der Waals surface area contributed by atoms with Crippen molar-refractivity contribution in [3.05, 3.63) is 89.5 Å². The number of benzene rings is 3. The summed E-state index contributed by atoms with van der Waals surface area (Å²) in [6, 6.07) is 19.9. The van der Waals surface area contributed by atoms with Crippen LogP contribution in [0.3, 0.4) is 0 Å². The van der Waals surface area contributed by atoms with Crippen LogP contribution in [0.2, 0.25) is 0 Å². The van der Waals surface area contributed by atoms with E-state index in [9.17, 15) is 14.4 Å². The Hall–Kier alpha value is -4.13. The third-order valence-corrected chi connectivity index (χ3v) is 4.44. The van der Waals surface area contributed by atoms with Gasteiger partial charge in [0.1, 0.15) is 11.5 Å². The van der Waals surface area contributed by atoms with Crippen LogP contribution in [0, 0.1) is 0 Å². The Morgan fingerprint density at radius 2 is 1.48 bits per heavy atom. The number of ketones is 1. The second-order valence-electron chi connectivity index (χ2n) is 6.43. The lowest BCUT2D eigenvalue weighted by molar-refractivity contribution is -0.119. The molecule has 0 spiro atoms. The summed E-state index contributed by atoms with van der Waals surface area (Å²) in [6.07, 6.45) is 0. The molecule has 0 unspecified atom stereocenters. The van der Waals surface area contributed by atoms with E-state index in [1.807, 2.05) is 0 Å². The molecule has 0 saturated heterocycles. The van der Waals surface area contributed by atoms with Crippen LogP contribution in [-0.4, -0.2) is 38.5 Å². The average molecular weight is 419 g/mol. The summed E-state index contributed by atoms with van der Waals surface area (Å²) in [7, 11) is 2.97. The fourth-order valence-electron chi connectivity index (χ4n) is 2.91. The fourth-order valence-corrected chi connectivity index (χ4v) is 2.91. The molecule has 7 heteroatoms. The predicted octanol–water partition coefficient (Wildman–Crippen LogP) is 3.73. The summed E-state index contributed by atoms with van der Waals surface area (Å²) in [5.74, 6) is -0.682. The number of carbonyl (C=O) groups is 3. The standard InChI is InChI=1S/C24H21NO6/c1-29-17-12-13-21(30-2)20(14-17)25-22(26)15-31-24(28)19-11-7-6-10-18(19)23(27)16-8-4-3-5-9-16/h3-14H,15H2,1-2H3,(H,25,26). The first kappa shape index (κ1) is 21.6. The van der Waals surface area contributed by atoms with Gasteiger partial charge in [0, 0.05) is 17.2 Å². The maximum absolute atomic E-state index is 12.8. The average Bonchev–Trinajstić information content (AvgIpc) is 2.82. The van der Waals surface area contributed by atoms with Crippen molar-refractivity contribution in [3.63, 3.8) is 0 Å². The molecule has 0 bridgehead atoms. The van der Waals surface area contributed by atoms with Gasteiger partial charge >= 0.3 is 5.97 Å². The van der Waals surface area contributed by atoms with E-state index in [0.29, 0.717) is 22.7 Å². The second-order valence-corrected chi connectivity index (χ2v) is 6.43. The molecule has 0 heterocycles. The molecule has 1 amide bonds. The first-order valence-corrected chi connectivity index (χ1v) is 9.41. The van der Waals surface area contributed by atoms with Crippen molar-refractivity contribution >= 4 is 23.3 Å². The molecule has 3 aromatic carbocycles. The zero-order valence-electron chi connectivity index (χ0n) is 17.1. The number of rotatable bonds is 8. The SMILES string of the molecule is COc1ccc(OC)c(NC(=O)COC(=O)c2ccccc2C(=O)c2ccccc2)c1. The van der Waals surface area contributed by atoms with E-state index in [0.717, 1.165) is 0 Å². The molecular weight excluding hydrogens is 398 g/mol. The van der Waals surface area contributed by atoms with Crippen molar-refractivity contribution in [2.75, 3.05) is 26.1 Å². The van der Waals surface area contributed by atoms with Crippen LogP contribution in [0.4, 0.5) is 5.69 Å². The minimum absolute atomic E-state index is 0.0862. The molecule has 1 N–H and O–H groups in total. The van der Waals surface area contributed by atoms with E-state index in [-0.39, 0.29) is 16.9 Å². The first-order chi connectivity index (χ1) is 15.0. The Morgan fingerprint density at radius 1 is 0.806 bits per heavy atom. The number of esters is 1. The molecule has 0 aromatic heterocycles. The number of methoxy groups -OCH3 is 2. The molecule has 0 atom stereocenters. The lowest BCUT2D eigenvalue weighted by Gasteiger charge is -2.12.